The molecule has 7 heteroatoms. The molecular formula is C16H16ClN3O3. The van der Waals surface area contributed by atoms with Gasteiger partial charge >= 0.3 is 0 Å². The van der Waals surface area contributed by atoms with E-state index in [9.17, 15) is 14.9 Å². The molecule has 23 heavy (non-hydrogen) atoms. The summed E-state index contributed by atoms with van der Waals surface area (Å²) >= 11 is 6.01. The molecule has 0 saturated heterocycles. The largest absolute Gasteiger partial charge is 0.376 e. The van der Waals surface area contributed by atoms with Gasteiger partial charge in [0, 0.05) is 28.5 Å². The van der Waals surface area contributed by atoms with E-state index < -0.39 is 4.92 Å². The third-order valence-corrected chi connectivity index (χ3v) is 3.73. The molecule has 0 fully saturated rings. The van der Waals surface area contributed by atoms with E-state index in [1.807, 2.05) is 19.9 Å². The van der Waals surface area contributed by atoms with Crippen LogP contribution in [0.25, 0.3) is 0 Å². The number of carbonyl (C=O) groups is 1. The standard InChI is InChI=1S/C16H16ClN3O3/c1-10-3-5-12(7-14(10)17)19-16(21)9-18-15-8-13(20(22)23)6-4-11(15)2/h3-8,18H,9H2,1-2H3,(H,19,21). The van der Waals surface area contributed by atoms with Gasteiger partial charge in [0.15, 0.2) is 0 Å². The quantitative estimate of drug-likeness (QED) is 0.641. The number of halogens is 1. The third-order valence-electron chi connectivity index (χ3n) is 3.33. The van der Waals surface area contributed by atoms with Crippen LogP contribution in [0.3, 0.4) is 0 Å². The van der Waals surface area contributed by atoms with Gasteiger partial charge in [0.1, 0.15) is 0 Å². The van der Waals surface area contributed by atoms with Crippen LogP contribution >= 0.6 is 11.6 Å². The summed E-state index contributed by atoms with van der Waals surface area (Å²) in [5.74, 6) is -0.268. The monoisotopic (exact) mass is 333 g/mol. The number of amides is 1. The molecule has 0 heterocycles. The van der Waals surface area contributed by atoms with Crippen molar-refractivity contribution in [2.75, 3.05) is 17.2 Å². The number of nitrogens with one attached hydrogen (secondary N) is 2. The number of non-ortho nitro benzene ring substituents is 1. The van der Waals surface area contributed by atoms with Gasteiger partial charge in [0.2, 0.25) is 5.91 Å². The van der Waals surface area contributed by atoms with E-state index in [2.05, 4.69) is 10.6 Å². The van der Waals surface area contributed by atoms with Gasteiger partial charge in [0.25, 0.3) is 5.69 Å². The molecule has 2 aromatic carbocycles. The molecule has 0 aromatic heterocycles. The van der Waals surface area contributed by atoms with Crippen LogP contribution in [0, 0.1) is 24.0 Å². The van der Waals surface area contributed by atoms with E-state index in [1.165, 1.54) is 12.1 Å². The predicted octanol–water partition coefficient (Wildman–Crippen LogP) is 3.92. The van der Waals surface area contributed by atoms with E-state index in [1.54, 1.807) is 18.2 Å². The second kappa shape index (κ2) is 7.11. The number of carbonyl (C=O) groups excluding carboxylic acids is 1. The molecule has 2 rings (SSSR count). The van der Waals surface area contributed by atoms with E-state index in [0.29, 0.717) is 16.4 Å². The van der Waals surface area contributed by atoms with Crippen molar-refractivity contribution >= 4 is 34.6 Å². The molecule has 0 saturated carbocycles. The molecular weight excluding hydrogens is 318 g/mol. The van der Waals surface area contributed by atoms with Crippen LogP contribution in [-0.4, -0.2) is 17.4 Å². The van der Waals surface area contributed by atoms with Crippen LogP contribution in [0.15, 0.2) is 36.4 Å². The molecule has 0 atom stereocenters. The van der Waals surface area contributed by atoms with Gasteiger partial charge in [-0.05, 0) is 37.1 Å². The summed E-state index contributed by atoms with van der Waals surface area (Å²) in [6.07, 6.45) is 0. The van der Waals surface area contributed by atoms with Crippen molar-refractivity contribution in [3.8, 4) is 0 Å². The van der Waals surface area contributed by atoms with Crippen LogP contribution in [0.1, 0.15) is 11.1 Å². The van der Waals surface area contributed by atoms with Crippen molar-refractivity contribution in [2.45, 2.75) is 13.8 Å². The maximum Gasteiger partial charge on any atom is 0.271 e. The molecule has 2 aromatic rings. The fourth-order valence-corrected chi connectivity index (χ4v) is 2.15. The Hall–Kier alpha value is -2.60. The van der Waals surface area contributed by atoms with Gasteiger partial charge in [-0.3, -0.25) is 14.9 Å². The number of benzene rings is 2. The van der Waals surface area contributed by atoms with Gasteiger partial charge in [-0.15, -0.1) is 0 Å². The third kappa shape index (κ3) is 4.43. The van der Waals surface area contributed by atoms with Gasteiger partial charge in [0.05, 0.1) is 11.5 Å². The zero-order valence-electron chi connectivity index (χ0n) is 12.7. The molecule has 6 nitrogen and oxygen atoms in total. The highest BCUT2D eigenvalue weighted by Crippen LogP contribution is 2.22. The summed E-state index contributed by atoms with van der Waals surface area (Å²) in [7, 11) is 0. The summed E-state index contributed by atoms with van der Waals surface area (Å²) < 4.78 is 0. The lowest BCUT2D eigenvalue weighted by Gasteiger charge is -2.10. The van der Waals surface area contributed by atoms with Crippen LogP contribution in [0.5, 0.6) is 0 Å². The number of aryl methyl sites for hydroxylation is 2. The Balaban J connectivity index is 2.00. The van der Waals surface area contributed by atoms with Gasteiger partial charge < -0.3 is 10.6 Å². The SMILES string of the molecule is Cc1ccc(NC(=O)CNc2cc([N+](=O)[O-])ccc2C)cc1Cl. The van der Waals surface area contributed by atoms with Crippen molar-refractivity contribution in [3.63, 3.8) is 0 Å². The fourth-order valence-electron chi connectivity index (χ4n) is 1.97. The average molecular weight is 334 g/mol. The molecule has 0 bridgehead atoms. The Morgan fingerprint density at radius 3 is 2.52 bits per heavy atom. The van der Waals surface area contributed by atoms with Crippen molar-refractivity contribution in [1.29, 1.82) is 0 Å². The number of nitrogens with zero attached hydrogens (tertiary/aromatic N) is 1. The minimum atomic E-state index is -0.473. The molecule has 1 amide bonds. The zero-order chi connectivity index (χ0) is 17.0. The van der Waals surface area contributed by atoms with E-state index in [-0.39, 0.29) is 18.1 Å². The molecule has 120 valence electrons. The molecule has 0 aliphatic heterocycles. The van der Waals surface area contributed by atoms with Gasteiger partial charge in [-0.25, -0.2) is 0 Å². The first-order valence-electron chi connectivity index (χ1n) is 6.92. The highest BCUT2D eigenvalue weighted by atomic mass is 35.5. The van der Waals surface area contributed by atoms with Crippen molar-refractivity contribution in [1.82, 2.24) is 0 Å². The average Bonchev–Trinajstić information content (AvgIpc) is 2.50. The second-order valence-corrected chi connectivity index (χ2v) is 5.53. The number of nitro groups is 1. The second-order valence-electron chi connectivity index (χ2n) is 5.12. The normalized spacial score (nSPS) is 10.2. The minimum Gasteiger partial charge on any atom is -0.376 e. The Labute approximate surface area is 138 Å². The highest BCUT2D eigenvalue weighted by Gasteiger charge is 2.10. The van der Waals surface area contributed by atoms with Gasteiger partial charge in [-0.2, -0.15) is 0 Å². The first kappa shape index (κ1) is 16.8. The molecule has 0 unspecified atom stereocenters. The molecule has 0 spiro atoms. The number of rotatable bonds is 5. The highest BCUT2D eigenvalue weighted by molar-refractivity contribution is 6.31. The molecule has 0 aliphatic carbocycles. The maximum absolute atomic E-state index is 12.0. The van der Waals surface area contributed by atoms with Crippen LogP contribution in [0.4, 0.5) is 17.1 Å². The summed E-state index contributed by atoms with van der Waals surface area (Å²) in [4.78, 5) is 22.3. The lowest BCUT2D eigenvalue weighted by atomic mass is 10.2. The minimum absolute atomic E-state index is 0.00645. The van der Waals surface area contributed by atoms with Crippen LogP contribution in [-0.2, 0) is 4.79 Å². The van der Waals surface area contributed by atoms with Crippen LogP contribution in [0.2, 0.25) is 5.02 Å². The number of nitro benzene ring substituents is 1. The zero-order valence-corrected chi connectivity index (χ0v) is 13.5. The summed E-state index contributed by atoms with van der Waals surface area (Å²) in [5, 5.41) is 17.0. The topological polar surface area (TPSA) is 84.3 Å². The first-order valence-corrected chi connectivity index (χ1v) is 7.29. The van der Waals surface area contributed by atoms with Crippen molar-refractivity contribution in [2.24, 2.45) is 0 Å². The fraction of sp³-hybridized carbons (Fsp3) is 0.188. The number of hydrogen-bond acceptors (Lipinski definition) is 4. The Morgan fingerprint density at radius 2 is 1.87 bits per heavy atom. The van der Waals surface area contributed by atoms with E-state index in [0.717, 1.165) is 11.1 Å². The van der Waals surface area contributed by atoms with E-state index >= 15 is 0 Å². The van der Waals surface area contributed by atoms with Crippen molar-refractivity contribution in [3.05, 3.63) is 62.7 Å². The van der Waals surface area contributed by atoms with Gasteiger partial charge in [-0.1, -0.05) is 23.7 Å². The Morgan fingerprint density at radius 1 is 1.17 bits per heavy atom. The van der Waals surface area contributed by atoms with Crippen molar-refractivity contribution < 1.29 is 9.72 Å². The lowest BCUT2D eigenvalue weighted by Crippen LogP contribution is -2.22. The lowest BCUT2D eigenvalue weighted by molar-refractivity contribution is -0.384. The smallest absolute Gasteiger partial charge is 0.271 e. The molecule has 0 aliphatic rings. The Kier molecular flexibility index (Phi) is 5.18. The summed E-state index contributed by atoms with van der Waals surface area (Å²) in [6.45, 7) is 3.68. The molecule has 2 N–H and O–H groups in total. The number of hydrogen-bond donors (Lipinski definition) is 2. The molecule has 0 radical (unpaired) electrons. The van der Waals surface area contributed by atoms with Crippen LogP contribution < -0.4 is 10.6 Å². The number of anilines is 2. The summed E-state index contributed by atoms with van der Waals surface area (Å²) in [5.41, 5.74) is 2.88. The predicted molar refractivity (Wildman–Crippen MR) is 91.1 cm³/mol. The maximum atomic E-state index is 12.0. The first-order chi connectivity index (χ1) is 10.9. The Bertz CT molecular complexity index is 762. The van der Waals surface area contributed by atoms with E-state index in [4.69, 9.17) is 11.6 Å². The summed E-state index contributed by atoms with van der Waals surface area (Å²) in [6, 6.07) is 9.72.